The van der Waals surface area contributed by atoms with E-state index in [2.05, 4.69) is 84.4 Å². The van der Waals surface area contributed by atoms with Crippen LogP contribution in [0.2, 0.25) is 0 Å². The van der Waals surface area contributed by atoms with E-state index in [1.54, 1.807) is 0 Å². The molecule has 0 bridgehead atoms. The molecule has 5 rings (SSSR count). The van der Waals surface area contributed by atoms with Crippen LogP contribution in [0.25, 0.3) is 11.0 Å². The summed E-state index contributed by atoms with van der Waals surface area (Å²) in [7, 11) is 0. The van der Waals surface area contributed by atoms with Crippen LogP contribution < -0.4 is 21.3 Å². The average Bonchev–Trinajstić information content (AvgIpc) is 3.41. The number of benzene rings is 2. The van der Waals surface area contributed by atoms with Crippen LogP contribution in [-0.4, -0.2) is 64.7 Å². The topological polar surface area (TPSA) is 92.9 Å². The van der Waals surface area contributed by atoms with Crippen molar-refractivity contribution in [1.82, 2.24) is 41.1 Å². The maximum absolute atomic E-state index is 4.66. The number of nitrogens with zero attached hydrogens (tertiary/aromatic N) is 3. The molecule has 1 aliphatic heterocycles. The van der Waals surface area contributed by atoms with Crippen LogP contribution in [0, 0.1) is 0 Å². The van der Waals surface area contributed by atoms with Gasteiger partial charge >= 0.3 is 0 Å². The van der Waals surface area contributed by atoms with Crippen molar-refractivity contribution in [3.63, 3.8) is 0 Å². The first-order valence-corrected chi connectivity index (χ1v) is 14.7. The molecule has 2 aromatic carbocycles. The number of aromatic nitrogens is 3. The van der Waals surface area contributed by atoms with E-state index in [0.717, 1.165) is 81.5 Å². The van der Waals surface area contributed by atoms with Crippen molar-refractivity contribution in [2.45, 2.75) is 58.0 Å². The van der Waals surface area contributed by atoms with E-state index < -0.39 is 0 Å². The maximum Gasteiger partial charge on any atom is 0.121 e. The van der Waals surface area contributed by atoms with Gasteiger partial charge in [-0.05, 0) is 68.2 Å². The molecule has 40 heavy (non-hydrogen) atoms. The Bertz CT molecular complexity index is 1230. The zero-order chi connectivity index (χ0) is 27.4. The lowest BCUT2D eigenvalue weighted by Crippen LogP contribution is -2.46. The Morgan fingerprint density at radius 2 is 1.70 bits per heavy atom. The summed E-state index contributed by atoms with van der Waals surface area (Å²) in [6, 6.07) is 24.3. The fourth-order valence-corrected chi connectivity index (χ4v) is 5.35. The highest BCUT2D eigenvalue weighted by molar-refractivity contribution is 5.74. The average molecular weight is 541 g/mol. The molecule has 1 atom stereocenters. The number of nitrogens with one attached hydrogen (secondary N) is 5. The molecular weight excluding hydrogens is 496 g/mol. The molecule has 5 N–H and O–H groups in total. The summed E-state index contributed by atoms with van der Waals surface area (Å²) >= 11 is 0. The monoisotopic (exact) mass is 540 g/mol. The molecule has 1 aliphatic rings. The predicted octanol–water partition coefficient (Wildman–Crippen LogP) is 3.57. The summed E-state index contributed by atoms with van der Waals surface area (Å²) in [5.41, 5.74) is 5.81. The van der Waals surface area contributed by atoms with Gasteiger partial charge in [0.2, 0.25) is 0 Å². The van der Waals surface area contributed by atoms with Crippen molar-refractivity contribution < 1.29 is 0 Å². The third-order valence-electron chi connectivity index (χ3n) is 7.74. The second-order valence-electron chi connectivity index (χ2n) is 10.9. The van der Waals surface area contributed by atoms with E-state index in [1.165, 1.54) is 24.0 Å². The van der Waals surface area contributed by atoms with Crippen LogP contribution in [0.1, 0.15) is 42.4 Å². The van der Waals surface area contributed by atoms with Gasteiger partial charge in [0.05, 0.1) is 23.3 Å². The molecule has 4 aromatic rings. The fraction of sp³-hybridized carbons (Fsp3) is 0.438. The highest BCUT2D eigenvalue weighted by atomic mass is 15.2. The summed E-state index contributed by atoms with van der Waals surface area (Å²) < 4.78 is 0. The molecule has 1 unspecified atom stereocenters. The van der Waals surface area contributed by atoms with Gasteiger partial charge in [0.25, 0.3) is 0 Å². The molecule has 0 radical (unpaired) electrons. The van der Waals surface area contributed by atoms with Crippen LogP contribution in [0.4, 0.5) is 0 Å². The van der Waals surface area contributed by atoms with Crippen molar-refractivity contribution in [2.24, 2.45) is 0 Å². The molecule has 8 heteroatoms. The Morgan fingerprint density at radius 3 is 2.50 bits per heavy atom. The van der Waals surface area contributed by atoms with E-state index in [0.29, 0.717) is 12.1 Å². The predicted molar refractivity (Wildman–Crippen MR) is 163 cm³/mol. The number of hydrogen-bond donors (Lipinski definition) is 5. The minimum absolute atomic E-state index is 0.406. The van der Waals surface area contributed by atoms with E-state index in [1.807, 2.05) is 36.5 Å². The zero-order valence-electron chi connectivity index (χ0n) is 23.7. The largest absolute Gasteiger partial charge is 0.341 e. The number of imidazole rings is 1. The first-order chi connectivity index (χ1) is 19.7. The fourth-order valence-electron chi connectivity index (χ4n) is 5.35. The highest BCUT2D eigenvalue weighted by Crippen LogP contribution is 2.12. The van der Waals surface area contributed by atoms with Crippen LogP contribution in [0.15, 0.2) is 72.9 Å². The van der Waals surface area contributed by atoms with Gasteiger partial charge in [0, 0.05) is 57.5 Å². The molecule has 8 nitrogen and oxygen atoms in total. The summed E-state index contributed by atoms with van der Waals surface area (Å²) in [6.07, 6.45) is 4.29. The van der Waals surface area contributed by atoms with E-state index in [4.69, 9.17) is 0 Å². The van der Waals surface area contributed by atoms with Crippen molar-refractivity contribution in [1.29, 1.82) is 0 Å². The first kappa shape index (κ1) is 28.4. The number of H-pyrrole nitrogens is 1. The standard InChI is InChI=1S/C32H44N8/c1-25(20-34-22-29-6-4-5-15-36-29)40(19-18-37-28-13-16-33-17-14-28)24-27-11-9-26(10-12-27)21-35-23-32-38-30-7-2-3-8-31(30)39-32/h2-12,15,25,28,33-35,37H,13-14,16-24H2,1H3,(H,38,39). The lowest BCUT2D eigenvalue weighted by Gasteiger charge is -2.31. The van der Waals surface area contributed by atoms with Gasteiger partial charge in [-0.15, -0.1) is 0 Å². The molecule has 2 aromatic heterocycles. The smallest absolute Gasteiger partial charge is 0.121 e. The molecule has 0 saturated carbocycles. The zero-order valence-corrected chi connectivity index (χ0v) is 23.7. The van der Waals surface area contributed by atoms with E-state index in [-0.39, 0.29) is 0 Å². The van der Waals surface area contributed by atoms with Crippen LogP contribution >= 0.6 is 0 Å². The summed E-state index contributed by atoms with van der Waals surface area (Å²) in [6.45, 7) is 10.8. The van der Waals surface area contributed by atoms with Gasteiger partial charge in [0.1, 0.15) is 5.82 Å². The molecule has 0 spiro atoms. The molecule has 212 valence electrons. The highest BCUT2D eigenvalue weighted by Gasteiger charge is 2.17. The lowest BCUT2D eigenvalue weighted by atomic mass is 10.1. The summed E-state index contributed by atoms with van der Waals surface area (Å²) in [5, 5.41) is 14.4. The summed E-state index contributed by atoms with van der Waals surface area (Å²) in [4.78, 5) is 15.1. The van der Waals surface area contributed by atoms with Gasteiger partial charge in [-0.3, -0.25) is 9.88 Å². The summed E-state index contributed by atoms with van der Waals surface area (Å²) in [5.74, 6) is 0.970. The molecule has 1 fully saturated rings. The quantitative estimate of drug-likeness (QED) is 0.157. The van der Waals surface area contributed by atoms with Gasteiger partial charge in [-0.1, -0.05) is 42.5 Å². The maximum atomic E-state index is 4.66. The van der Waals surface area contributed by atoms with Crippen molar-refractivity contribution >= 4 is 11.0 Å². The Labute approximate surface area is 238 Å². The third-order valence-corrected chi connectivity index (χ3v) is 7.74. The number of piperidine rings is 1. The van der Waals surface area contributed by atoms with Crippen molar-refractivity contribution in [3.8, 4) is 0 Å². The Hall–Kier alpha value is -3.14. The van der Waals surface area contributed by atoms with E-state index >= 15 is 0 Å². The van der Waals surface area contributed by atoms with Crippen LogP contribution in [-0.2, 0) is 26.2 Å². The van der Waals surface area contributed by atoms with Gasteiger partial charge in [0.15, 0.2) is 0 Å². The van der Waals surface area contributed by atoms with Gasteiger partial charge in [-0.2, -0.15) is 0 Å². The van der Waals surface area contributed by atoms with Gasteiger partial charge in [-0.25, -0.2) is 4.98 Å². The number of pyridine rings is 1. The lowest BCUT2D eigenvalue weighted by molar-refractivity contribution is 0.191. The number of fused-ring (bicyclic) bond motifs is 1. The molecular formula is C32H44N8. The first-order valence-electron chi connectivity index (χ1n) is 14.7. The van der Waals surface area contributed by atoms with Crippen molar-refractivity contribution in [3.05, 3.63) is 95.6 Å². The Balaban J connectivity index is 1.11. The number of rotatable bonds is 15. The molecule has 1 saturated heterocycles. The Kier molecular flexibility index (Phi) is 10.7. The Morgan fingerprint density at radius 1 is 0.900 bits per heavy atom. The van der Waals surface area contributed by atoms with Gasteiger partial charge < -0.3 is 26.3 Å². The number of hydrogen-bond acceptors (Lipinski definition) is 7. The van der Waals surface area contributed by atoms with Crippen molar-refractivity contribution in [2.75, 3.05) is 32.7 Å². The van der Waals surface area contributed by atoms with E-state index in [9.17, 15) is 0 Å². The number of aromatic amines is 1. The second-order valence-corrected chi connectivity index (χ2v) is 10.9. The van der Waals surface area contributed by atoms with Crippen LogP contribution in [0.5, 0.6) is 0 Å². The SMILES string of the molecule is CC(CNCc1ccccn1)N(CCNC1CCNCC1)Cc1ccc(CNCc2nc3ccccc3[nH]2)cc1. The number of para-hydroxylation sites is 2. The molecule has 3 heterocycles. The normalized spacial score (nSPS) is 15.2. The minimum Gasteiger partial charge on any atom is -0.341 e. The minimum atomic E-state index is 0.406. The third kappa shape index (κ3) is 8.68. The molecule has 0 aliphatic carbocycles. The second kappa shape index (κ2) is 15.0. The van der Waals surface area contributed by atoms with Crippen LogP contribution in [0.3, 0.4) is 0 Å². The molecule has 0 amide bonds.